The molecule has 0 fully saturated rings. The van der Waals surface area contributed by atoms with Crippen LogP contribution in [-0.2, 0) is 15.6 Å². The summed E-state index contributed by atoms with van der Waals surface area (Å²) in [4.78, 5) is 10.8. The molecule has 6 nitrogen and oxygen atoms in total. The zero-order chi connectivity index (χ0) is 21.0. The third-order valence-electron chi connectivity index (χ3n) is 3.83. The van der Waals surface area contributed by atoms with Crippen molar-refractivity contribution in [3.8, 4) is 5.88 Å². The monoisotopic (exact) mass is 437 g/mol. The van der Waals surface area contributed by atoms with Gasteiger partial charge in [-0.2, -0.15) is 4.39 Å². The van der Waals surface area contributed by atoms with E-state index in [9.17, 15) is 17.2 Å². The molecule has 0 N–H and O–H groups in total. The van der Waals surface area contributed by atoms with Crippen LogP contribution in [0.5, 0.6) is 5.88 Å². The number of hydrogen-bond donors (Lipinski definition) is 0. The highest BCUT2D eigenvalue weighted by molar-refractivity contribution is 7.90. The van der Waals surface area contributed by atoms with Crippen LogP contribution >= 0.6 is 11.6 Å². The summed E-state index contributed by atoms with van der Waals surface area (Å²) in [7, 11) is -2.53. The first-order valence-corrected chi connectivity index (χ1v) is 10.2. The summed E-state index contributed by atoms with van der Waals surface area (Å²) in [5.74, 6) is -1.12. The minimum absolute atomic E-state index is 0.183. The molecule has 2 heterocycles. The Morgan fingerprint density at radius 2 is 1.83 bits per heavy atom. The van der Waals surface area contributed by atoms with Crippen LogP contribution in [0.15, 0.2) is 47.6 Å². The number of hydrogen-bond acceptors (Lipinski definition) is 6. The zero-order valence-electron chi connectivity index (χ0n) is 15.0. The summed E-state index contributed by atoms with van der Waals surface area (Å²) < 4.78 is 56.8. The molecule has 0 atom stereocenters. The minimum Gasteiger partial charge on any atom is -0.481 e. The zero-order valence-corrected chi connectivity index (χ0v) is 16.6. The van der Waals surface area contributed by atoms with Gasteiger partial charge in [-0.3, -0.25) is 0 Å². The molecule has 29 heavy (non-hydrogen) atoms. The van der Waals surface area contributed by atoms with E-state index in [1.54, 1.807) is 18.2 Å². The SMILES string of the molecule is COc1nc(CS(=O)(=O)c2cccc(F)c2Cl)ccc1/C=C/c1cnc(F)nc1. The summed E-state index contributed by atoms with van der Waals surface area (Å²) in [5, 5.41) is -0.458. The van der Waals surface area contributed by atoms with Crippen LogP contribution in [0, 0.1) is 11.9 Å². The quantitative estimate of drug-likeness (QED) is 0.543. The second-order valence-electron chi connectivity index (χ2n) is 5.83. The minimum atomic E-state index is -3.92. The maximum Gasteiger partial charge on any atom is 0.308 e. The molecule has 0 spiro atoms. The average molecular weight is 438 g/mol. The van der Waals surface area contributed by atoms with E-state index in [0.29, 0.717) is 11.1 Å². The van der Waals surface area contributed by atoms with Crippen LogP contribution in [0.4, 0.5) is 8.78 Å². The van der Waals surface area contributed by atoms with Crippen molar-refractivity contribution in [3.63, 3.8) is 0 Å². The van der Waals surface area contributed by atoms with E-state index in [1.807, 2.05) is 0 Å². The number of nitrogens with zero attached hydrogens (tertiary/aromatic N) is 3. The third-order valence-corrected chi connectivity index (χ3v) is 6.01. The number of ether oxygens (including phenoxy) is 1. The van der Waals surface area contributed by atoms with Crippen LogP contribution < -0.4 is 4.74 Å². The lowest BCUT2D eigenvalue weighted by Crippen LogP contribution is -2.08. The fourth-order valence-electron chi connectivity index (χ4n) is 2.45. The fraction of sp³-hybridized carbons (Fsp3) is 0.105. The largest absolute Gasteiger partial charge is 0.481 e. The van der Waals surface area contributed by atoms with Crippen molar-refractivity contribution < 1.29 is 21.9 Å². The van der Waals surface area contributed by atoms with Gasteiger partial charge in [0.1, 0.15) is 5.82 Å². The molecule has 0 bridgehead atoms. The summed E-state index contributed by atoms with van der Waals surface area (Å²) in [6.45, 7) is 0. The average Bonchev–Trinajstić information content (AvgIpc) is 2.69. The molecule has 3 rings (SSSR count). The van der Waals surface area contributed by atoms with Gasteiger partial charge in [-0.25, -0.2) is 27.8 Å². The lowest BCUT2D eigenvalue weighted by atomic mass is 10.2. The summed E-state index contributed by atoms with van der Waals surface area (Å²) in [6, 6.07) is 6.71. The van der Waals surface area contributed by atoms with Crippen molar-refractivity contribution in [2.45, 2.75) is 10.6 Å². The van der Waals surface area contributed by atoms with E-state index < -0.39 is 32.5 Å². The number of benzene rings is 1. The lowest BCUT2D eigenvalue weighted by molar-refractivity contribution is 0.395. The van der Waals surface area contributed by atoms with Gasteiger partial charge in [0.2, 0.25) is 5.88 Å². The van der Waals surface area contributed by atoms with Gasteiger partial charge in [0.25, 0.3) is 0 Å². The Kier molecular flexibility index (Phi) is 6.19. The second kappa shape index (κ2) is 8.62. The molecule has 3 aromatic rings. The molecular formula is C19H14ClF2N3O3S. The Morgan fingerprint density at radius 1 is 1.10 bits per heavy atom. The van der Waals surface area contributed by atoms with E-state index in [0.717, 1.165) is 6.07 Å². The molecule has 0 radical (unpaired) electrons. The lowest BCUT2D eigenvalue weighted by Gasteiger charge is -2.09. The molecule has 0 saturated carbocycles. The third kappa shape index (κ3) is 4.93. The smallest absolute Gasteiger partial charge is 0.308 e. The van der Waals surface area contributed by atoms with Gasteiger partial charge in [-0.1, -0.05) is 23.7 Å². The first kappa shape index (κ1) is 20.8. The summed E-state index contributed by atoms with van der Waals surface area (Å²) >= 11 is 5.79. The van der Waals surface area contributed by atoms with Gasteiger partial charge in [0, 0.05) is 23.5 Å². The molecule has 0 saturated heterocycles. The number of pyridine rings is 1. The van der Waals surface area contributed by atoms with E-state index in [2.05, 4.69) is 15.0 Å². The van der Waals surface area contributed by atoms with Crippen molar-refractivity contribution in [1.82, 2.24) is 15.0 Å². The second-order valence-corrected chi connectivity index (χ2v) is 8.17. The highest BCUT2D eigenvalue weighted by atomic mass is 35.5. The number of sulfone groups is 1. The molecule has 10 heteroatoms. The predicted octanol–water partition coefficient (Wildman–Crippen LogP) is 3.96. The van der Waals surface area contributed by atoms with Crippen molar-refractivity contribution in [1.29, 1.82) is 0 Å². The van der Waals surface area contributed by atoms with E-state index >= 15 is 0 Å². The topological polar surface area (TPSA) is 82.0 Å². The van der Waals surface area contributed by atoms with Gasteiger partial charge in [-0.15, -0.1) is 0 Å². The molecule has 0 aliphatic carbocycles. The highest BCUT2D eigenvalue weighted by Crippen LogP contribution is 2.27. The van der Waals surface area contributed by atoms with Crippen LogP contribution in [0.1, 0.15) is 16.8 Å². The molecule has 0 amide bonds. The summed E-state index contributed by atoms with van der Waals surface area (Å²) in [5.41, 5.74) is 1.31. The van der Waals surface area contributed by atoms with E-state index in [-0.39, 0.29) is 16.5 Å². The normalized spacial score (nSPS) is 11.7. The Hall–Kier alpha value is -2.91. The molecule has 1 aromatic carbocycles. The van der Waals surface area contributed by atoms with Crippen molar-refractivity contribution in [3.05, 3.63) is 76.5 Å². The number of rotatable bonds is 6. The van der Waals surface area contributed by atoms with E-state index in [1.165, 1.54) is 37.7 Å². The van der Waals surface area contributed by atoms with Crippen molar-refractivity contribution in [2.24, 2.45) is 0 Å². The molecule has 0 aliphatic heterocycles. The standard InChI is InChI=1S/C19H14ClF2N3O3S/c1-28-18-13(6-5-12-9-23-19(22)24-10-12)7-8-14(25-18)11-29(26,27)16-4-2-3-15(21)17(16)20/h2-10H,11H2,1H3/b6-5+. The maximum atomic E-state index is 13.6. The molecule has 0 unspecified atom stereocenters. The predicted molar refractivity (Wildman–Crippen MR) is 104 cm³/mol. The Morgan fingerprint density at radius 3 is 2.52 bits per heavy atom. The Balaban J connectivity index is 1.86. The fourth-order valence-corrected chi connectivity index (χ4v) is 4.29. The Labute approximate surface area is 170 Å². The van der Waals surface area contributed by atoms with Crippen LogP contribution in [0.2, 0.25) is 5.02 Å². The first-order chi connectivity index (χ1) is 13.8. The van der Waals surface area contributed by atoms with Crippen LogP contribution in [0.25, 0.3) is 12.2 Å². The van der Waals surface area contributed by atoms with Crippen molar-refractivity contribution >= 4 is 33.6 Å². The molecule has 150 valence electrons. The highest BCUT2D eigenvalue weighted by Gasteiger charge is 2.22. The Bertz CT molecular complexity index is 1170. The van der Waals surface area contributed by atoms with Crippen LogP contribution in [0.3, 0.4) is 0 Å². The first-order valence-electron chi connectivity index (χ1n) is 8.16. The molecule has 0 aliphatic rings. The molecule has 2 aromatic heterocycles. The maximum absolute atomic E-state index is 13.6. The van der Waals surface area contributed by atoms with Gasteiger partial charge < -0.3 is 4.74 Å². The summed E-state index contributed by atoms with van der Waals surface area (Å²) in [6.07, 6.45) is 5.06. The van der Waals surface area contributed by atoms with Gasteiger partial charge in [-0.05, 0) is 30.3 Å². The van der Waals surface area contributed by atoms with Crippen LogP contribution in [-0.4, -0.2) is 30.5 Å². The van der Waals surface area contributed by atoms with Gasteiger partial charge in [0.05, 0.1) is 28.5 Å². The number of aromatic nitrogens is 3. The molecular weight excluding hydrogens is 424 g/mol. The number of methoxy groups -OCH3 is 1. The number of halogens is 3. The van der Waals surface area contributed by atoms with Gasteiger partial charge in [0.15, 0.2) is 9.84 Å². The van der Waals surface area contributed by atoms with E-state index in [4.69, 9.17) is 16.3 Å². The van der Waals surface area contributed by atoms with Crippen molar-refractivity contribution in [2.75, 3.05) is 7.11 Å². The van der Waals surface area contributed by atoms with Gasteiger partial charge >= 0.3 is 6.08 Å².